The minimum Gasteiger partial charge on any atom is -0.367 e. The van der Waals surface area contributed by atoms with Crippen LogP contribution < -0.4 is 10.6 Å². The van der Waals surface area contributed by atoms with Crippen LogP contribution in [0.1, 0.15) is 48.0 Å². The monoisotopic (exact) mass is 388 g/mol. The van der Waals surface area contributed by atoms with Crippen LogP contribution in [0.15, 0.2) is 60.7 Å². The predicted octanol–water partition coefficient (Wildman–Crippen LogP) is 4.81. The van der Waals surface area contributed by atoms with Crippen LogP contribution in [0.2, 0.25) is 0 Å². The molecular formula is C23H24N4O2. The van der Waals surface area contributed by atoms with E-state index in [4.69, 9.17) is 0 Å². The Morgan fingerprint density at radius 2 is 1.76 bits per heavy atom. The second-order valence-electron chi connectivity index (χ2n) is 6.87. The summed E-state index contributed by atoms with van der Waals surface area (Å²) in [5, 5.41) is 6.13. The molecule has 1 amide bonds. The number of aromatic nitrogens is 2. The number of benzene rings is 2. The quantitative estimate of drug-likeness (QED) is 0.568. The third-order valence-corrected chi connectivity index (χ3v) is 4.52. The van der Waals surface area contributed by atoms with E-state index in [9.17, 15) is 9.59 Å². The van der Waals surface area contributed by atoms with Gasteiger partial charge in [0.2, 0.25) is 0 Å². The Morgan fingerprint density at radius 1 is 1.00 bits per heavy atom. The van der Waals surface area contributed by atoms with E-state index in [-0.39, 0.29) is 23.4 Å². The zero-order valence-electron chi connectivity index (χ0n) is 16.8. The van der Waals surface area contributed by atoms with Gasteiger partial charge in [-0.2, -0.15) is 0 Å². The van der Waals surface area contributed by atoms with Gasteiger partial charge in [-0.05, 0) is 32.4 Å². The van der Waals surface area contributed by atoms with E-state index in [0.29, 0.717) is 22.9 Å². The lowest BCUT2D eigenvalue weighted by Crippen LogP contribution is -2.18. The van der Waals surface area contributed by atoms with Crippen LogP contribution >= 0.6 is 0 Å². The maximum absolute atomic E-state index is 12.9. The van der Waals surface area contributed by atoms with Crippen molar-refractivity contribution in [3.05, 3.63) is 71.9 Å². The summed E-state index contributed by atoms with van der Waals surface area (Å²) >= 11 is 0. The minimum atomic E-state index is -0.363. The van der Waals surface area contributed by atoms with E-state index in [0.717, 1.165) is 12.0 Å². The molecule has 2 N–H and O–H groups in total. The van der Waals surface area contributed by atoms with Crippen molar-refractivity contribution in [2.45, 2.75) is 33.2 Å². The van der Waals surface area contributed by atoms with Gasteiger partial charge in [0.05, 0.1) is 0 Å². The predicted molar refractivity (Wildman–Crippen MR) is 115 cm³/mol. The Kier molecular flexibility index (Phi) is 6.34. The number of hydrogen-bond acceptors (Lipinski definition) is 5. The van der Waals surface area contributed by atoms with Crippen molar-refractivity contribution in [3.63, 3.8) is 0 Å². The van der Waals surface area contributed by atoms with E-state index in [2.05, 4.69) is 34.4 Å². The lowest BCUT2D eigenvalue weighted by atomic mass is 10.1. The molecular weight excluding hydrogens is 364 g/mol. The van der Waals surface area contributed by atoms with Crippen molar-refractivity contribution in [3.8, 4) is 11.4 Å². The van der Waals surface area contributed by atoms with Crippen LogP contribution in [-0.4, -0.2) is 27.7 Å². The number of nitrogens with zero attached hydrogens (tertiary/aromatic N) is 2. The van der Waals surface area contributed by atoms with Crippen LogP contribution in [0.4, 0.5) is 11.5 Å². The number of amides is 1. The summed E-state index contributed by atoms with van der Waals surface area (Å²) < 4.78 is 0. The largest absolute Gasteiger partial charge is 0.367 e. The van der Waals surface area contributed by atoms with E-state index < -0.39 is 0 Å². The van der Waals surface area contributed by atoms with Gasteiger partial charge in [-0.3, -0.25) is 9.59 Å². The number of rotatable bonds is 7. The number of hydrogen-bond donors (Lipinski definition) is 2. The van der Waals surface area contributed by atoms with Crippen LogP contribution in [0.25, 0.3) is 11.4 Å². The van der Waals surface area contributed by atoms with Gasteiger partial charge in [-0.1, -0.05) is 49.4 Å². The second kappa shape index (κ2) is 9.10. The van der Waals surface area contributed by atoms with Crippen LogP contribution in [0, 0.1) is 0 Å². The number of ketones is 1. The molecule has 3 rings (SSSR count). The average Bonchev–Trinajstić information content (AvgIpc) is 2.74. The lowest BCUT2D eigenvalue weighted by Gasteiger charge is -2.14. The molecule has 0 radical (unpaired) electrons. The first kappa shape index (κ1) is 20.2. The van der Waals surface area contributed by atoms with E-state index in [1.165, 1.54) is 6.92 Å². The third-order valence-electron chi connectivity index (χ3n) is 4.52. The topological polar surface area (TPSA) is 84.0 Å². The molecule has 1 aromatic heterocycles. The van der Waals surface area contributed by atoms with Crippen molar-refractivity contribution in [1.29, 1.82) is 0 Å². The highest BCUT2D eigenvalue weighted by Crippen LogP contribution is 2.20. The average molecular weight is 388 g/mol. The van der Waals surface area contributed by atoms with Gasteiger partial charge in [0.15, 0.2) is 11.6 Å². The maximum atomic E-state index is 12.9. The van der Waals surface area contributed by atoms with Crippen LogP contribution in [-0.2, 0) is 0 Å². The molecule has 1 heterocycles. The first-order valence-electron chi connectivity index (χ1n) is 9.59. The van der Waals surface area contributed by atoms with Gasteiger partial charge in [-0.25, -0.2) is 9.97 Å². The number of carbonyl (C=O) groups excluding carboxylic acids is 2. The fourth-order valence-corrected chi connectivity index (χ4v) is 2.72. The standard InChI is InChI=1S/C23H24N4O2/c1-4-15(2)24-21-14-20(26-22(27-21)17-9-6-5-7-10-17)23(29)25-19-12-8-11-18(13-19)16(3)28/h5-15H,4H2,1-3H3,(H,25,29)(H,24,26,27). The number of carbonyl (C=O) groups is 2. The summed E-state index contributed by atoms with van der Waals surface area (Å²) in [5.41, 5.74) is 2.15. The molecule has 0 aliphatic carbocycles. The molecule has 1 unspecified atom stereocenters. The summed E-state index contributed by atoms with van der Waals surface area (Å²) in [5.74, 6) is 0.643. The van der Waals surface area contributed by atoms with Gasteiger partial charge >= 0.3 is 0 Å². The molecule has 0 aliphatic heterocycles. The Labute approximate surface area is 170 Å². The fraction of sp³-hybridized carbons (Fsp3) is 0.217. The number of Topliss-reactive ketones (excluding diaryl/α,β-unsaturated/α-hetero) is 1. The zero-order chi connectivity index (χ0) is 20.8. The first-order valence-corrected chi connectivity index (χ1v) is 9.59. The summed E-state index contributed by atoms with van der Waals surface area (Å²) in [7, 11) is 0. The lowest BCUT2D eigenvalue weighted by molar-refractivity contribution is 0.100. The van der Waals surface area contributed by atoms with E-state index in [1.807, 2.05) is 30.3 Å². The van der Waals surface area contributed by atoms with Crippen molar-refractivity contribution in [1.82, 2.24) is 9.97 Å². The van der Waals surface area contributed by atoms with Crippen molar-refractivity contribution in [2.75, 3.05) is 10.6 Å². The highest BCUT2D eigenvalue weighted by Gasteiger charge is 2.15. The normalized spacial score (nSPS) is 11.6. The highest BCUT2D eigenvalue weighted by atomic mass is 16.2. The van der Waals surface area contributed by atoms with Crippen molar-refractivity contribution in [2.24, 2.45) is 0 Å². The maximum Gasteiger partial charge on any atom is 0.274 e. The minimum absolute atomic E-state index is 0.0606. The molecule has 148 valence electrons. The fourth-order valence-electron chi connectivity index (χ4n) is 2.72. The number of anilines is 2. The zero-order valence-corrected chi connectivity index (χ0v) is 16.8. The summed E-state index contributed by atoms with van der Waals surface area (Å²) in [6.45, 7) is 5.62. The Balaban J connectivity index is 1.94. The molecule has 1 atom stereocenters. The summed E-state index contributed by atoms with van der Waals surface area (Å²) in [6, 6.07) is 18.2. The summed E-state index contributed by atoms with van der Waals surface area (Å²) in [4.78, 5) is 33.5. The number of nitrogens with one attached hydrogen (secondary N) is 2. The molecule has 6 nitrogen and oxygen atoms in total. The Hall–Kier alpha value is -3.54. The first-order chi connectivity index (χ1) is 14.0. The molecule has 6 heteroatoms. The van der Waals surface area contributed by atoms with Crippen LogP contribution in [0.3, 0.4) is 0 Å². The Morgan fingerprint density at radius 3 is 2.45 bits per heavy atom. The third kappa shape index (κ3) is 5.25. The molecule has 29 heavy (non-hydrogen) atoms. The molecule has 0 bridgehead atoms. The molecule has 0 fully saturated rings. The molecule has 3 aromatic rings. The summed E-state index contributed by atoms with van der Waals surface area (Å²) in [6.07, 6.45) is 0.921. The van der Waals surface area contributed by atoms with Crippen molar-refractivity contribution >= 4 is 23.2 Å². The van der Waals surface area contributed by atoms with Gasteiger partial charge in [0, 0.05) is 28.9 Å². The van der Waals surface area contributed by atoms with E-state index >= 15 is 0 Å². The molecule has 0 aliphatic rings. The van der Waals surface area contributed by atoms with Crippen molar-refractivity contribution < 1.29 is 9.59 Å². The second-order valence-corrected chi connectivity index (χ2v) is 6.87. The highest BCUT2D eigenvalue weighted by molar-refractivity contribution is 6.04. The molecule has 0 saturated carbocycles. The van der Waals surface area contributed by atoms with E-state index in [1.54, 1.807) is 30.3 Å². The SMILES string of the molecule is CCC(C)Nc1cc(C(=O)Nc2cccc(C(C)=O)c2)nc(-c2ccccc2)n1. The molecule has 0 saturated heterocycles. The van der Waals surface area contributed by atoms with Gasteiger partial charge in [-0.15, -0.1) is 0 Å². The molecule has 2 aromatic carbocycles. The smallest absolute Gasteiger partial charge is 0.274 e. The van der Waals surface area contributed by atoms with Gasteiger partial charge in [0.25, 0.3) is 5.91 Å². The van der Waals surface area contributed by atoms with Crippen LogP contribution in [0.5, 0.6) is 0 Å². The van der Waals surface area contributed by atoms with Gasteiger partial charge < -0.3 is 10.6 Å². The van der Waals surface area contributed by atoms with Gasteiger partial charge in [0.1, 0.15) is 11.5 Å². The molecule has 0 spiro atoms. The Bertz CT molecular complexity index is 1020.